The Morgan fingerprint density at radius 1 is 1.06 bits per heavy atom. The van der Waals surface area contributed by atoms with Crippen molar-refractivity contribution in [2.75, 3.05) is 5.75 Å². The average molecular weight is 258 g/mol. The first-order chi connectivity index (χ1) is 7.95. The van der Waals surface area contributed by atoms with E-state index in [0.717, 1.165) is 6.42 Å². The summed E-state index contributed by atoms with van der Waals surface area (Å²) in [5.41, 5.74) is 0. The molecule has 5 heteroatoms. The van der Waals surface area contributed by atoms with Crippen LogP contribution in [0.25, 0.3) is 0 Å². The highest BCUT2D eigenvalue weighted by atomic mass is 32.2. The van der Waals surface area contributed by atoms with Crippen LogP contribution in [0.2, 0.25) is 0 Å². The number of fused-ring (bicyclic) bond motifs is 2. The zero-order chi connectivity index (χ0) is 12.2. The SMILES string of the molecule is O=C(O)CS(=O)(=O)C1CC2CC3CC(C2)C1C3. The fourth-order valence-corrected chi connectivity index (χ4v) is 6.57. The molecule has 3 aliphatic rings. The van der Waals surface area contributed by atoms with Gasteiger partial charge in [0.15, 0.2) is 9.84 Å². The molecule has 4 nitrogen and oxygen atoms in total. The Kier molecular flexibility index (Phi) is 2.51. The molecular weight excluding hydrogens is 240 g/mol. The lowest BCUT2D eigenvalue weighted by atomic mass is 9.72. The first-order valence-corrected chi connectivity index (χ1v) is 8.10. The molecule has 0 heterocycles. The highest BCUT2D eigenvalue weighted by Gasteiger charge is 2.52. The van der Waals surface area contributed by atoms with Crippen LogP contribution in [0.15, 0.2) is 0 Å². The fourth-order valence-electron chi connectivity index (χ4n) is 4.58. The van der Waals surface area contributed by atoms with Gasteiger partial charge in [-0.15, -0.1) is 0 Å². The van der Waals surface area contributed by atoms with E-state index in [9.17, 15) is 13.2 Å². The van der Waals surface area contributed by atoms with Gasteiger partial charge in [0.25, 0.3) is 0 Å². The first kappa shape index (κ1) is 11.5. The molecule has 96 valence electrons. The maximum atomic E-state index is 12.1. The highest BCUT2D eigenvalue weighted by Crippen LogP contribution is 2.56. The summed E-state index contributed by atoms with van der Waals surface area (Å²) >= 11 is 0. The Bertz CT molecular complexity index is 439. The molecule has 0 radical (unpaired) electrons. The Labute approximate surface area is 101 Å². The van der Waals surface area contributed by atoms with E-state index >= 15 is 0 Å². The summed E-state index contributed by atoms with van der Waals surface area (Å²) in [6.45, 7) is 0. The Morgan fingerprint density at radius 2 is 1.71 bits per heavy atom. The van der Waals surface area contributed by atoms with Crippen molar-refractivity contribution in [3.05, 3.63) is 0 Å². The summed E-state index contributed by atoms with van der Waals surface area (Å²) in [7, 11) is -3.44. The summed E-state index contributed by atoms with van der Waals surface area (Å²) in [5, 5.41) is 8.35. The summed E-state index contributed by atoms with van der Waals surface area (Å²) in [5.74, 6) is 0.166. The van der Waals surface area contributed by atoms with E-state index in [1.54, 1.807) is 0 Å². The number of sulfone groups is 1. The van der Waals surface area contributed by atoms with Crippen LogP contribution in [0.5, 0.6) is 0 Å². The van der Waals surface area contributed by atoms with Crippen molar-refractivity contribution in [2.24, 2.45) is 23.7 Å². The summed E-state index contributed by atoms with van der Waals surface area (Å²) in [4.78, 5) is 10.7. The second-order valence-electron chi connectivity index (χ2n) is 6.07. The molecular formula is C12H18O4S. The van der Waals surface area contributed by atoms with E-state index in [4.69, 9.17) is 5.11 Å². The molecule has 3 rings (SSSR count). The van der Waals surface area contributed by atoms with Gasteiger partial charge in [-0.25, -0.2) is 8.42 Å². The van der Waals surface area contributed by atoms with Gasteiger partial charge in [-0.1, -0.05) is 0 Å². The number of carboxylic acids is 1. The van der Waals surface area contributed by atoms with Gasteiger partial charge in [0.1, 0.15) is 5.75 Å². The molecule has 3 saturated carbocycles. The van der Waals surface area contributed by atoms with Gasteiger partial charge in [0, 0.05) is 0 Å². The fraction of sp³-hybridized carbons (Fsp3) is 0.917. The van der Waals surface area contributed by atoms with Gasteiger partial charge in [0.2, 0.25) is 0 Å². The molecule has 0 aromatic rings. The summed E-state index contributed by atoms with van der Waals surface area (Å²) < 4.78 is 24.2. The third-order valence-electron chi connectivity index (χ3n) is 4.98. The largest absolute Gasteiger partial charge is 0.480 e. The van der Waals surface area contributed by atoms with E-state index in [-0.39, 0.29) is 11.2 Å². The van der Waals surface area contributed by atoms with Crippen LogP contribution in [0.1, 0.15) is 32.1 Å². The van der Waals surface area contributed by atoms with Crippen LogP contribution in [-0.4, -0.2) is 30.5 Å². The van der Waals surface area contributed by atoms with Crippen LogP contribution in [0.3, 0.4) is 0 Å². The molecule has 0 aliphatic heterocycles. The molecule has 5 unspecified atom stereocenters. The smallest absolute Gasteiger partial charge is 0.318 e. The van der Waals surface area contributed by atoms with Crippen molar-refractivity contribution >= 4 is 15.8 Å². The Hall–Kier alpha value is -0.580. The van der Waals surface area contributed by atoms with Crippen molar-refractivity contribution in [3.8, 4) is 0 Å². The van der Waals surface area contributed by atoms with Crippen molar-refractivity contribution in [2.45, 2.75) is 37.4 Å². The van der Waals surface area contributed by atoms with Crippen molar-refractivity contribution < 1.29 is 18.3 Å². The number of carboxylic acid groups (broad SMARTS) is 1. The number of aliphatic carboxylic acids is 1. The van der Waals surface area contributed by atoms with Crippen molar-refractivity contribution in [3.63, 3.8) is 0 Å². The third kappa shape index (κ3) is 1.88. The van der Waals surface area contributed by atoms with E-state index in [0.29, 0.717) is 24.2 Å². The number of rotatable bonds is 3. The predicted octanol–water partition coefficient (Wildman–Crippen LogP) is 1.31. The second-order valence-corrected chi connectivity index (χ2v) is 8.29. The minimum atomic E-state index is -3.44. The van der Waals surface area contributed by atoms with Gasteiger partial charge in [-0.3, -0.25) is 4.79 Å². The number of hydrogen-bond acceptors (Lipinski definition) is 3. The van der Waals surface area contributed by atoms with Crippen LogP contribution < -0.4 is 0 Å². The molecule has 3 fully saturated rings. The maximum absolute atomic E-state index is 12.1. The van der Waals surface area contributed by atoms with E-state index < -0.39 is 21.6 Å². The minimum Gasteiger partial charge on any atom is -0.480 e. The molecule has 5 atom stereocenters. The topological polar surface area (TPSA) is 71.4 Å². The lowest BCUT2D eigenvalue weighted by Gasteiger charge is -2.38. The average Bonchev–Trinajstić information content (AvgIpc) is 2.38. The molecule has 0 saturated heterocycles. The predicted molar refractivity (Wildman–Crippen MR) is 62.3 cm³/mol. The van der Waals surface area contributed by atoms with Gasteiger partial charge < -0.3 is 5.11 Å². The van der Waals surface area contributed by atoms with E-state index in [1.165, 1.54) is 19.3 Å². The molecule has 0 aromatic carbocycles. The third-order valence-corrected chi connectivity index (χ3v) is 7.09. The minimum absolute atomic E-state index is 0.253. The highest BCUT2D eigenvalue weighted by molar-refractivity contribution is 7.92. The number of hydrogen-bond donors (Lipinski definition) is 1. The van der Waals surface area contributed by atoms with E-state index in [1.807, 2.05) is 0 Å². The zero-order valence-corrected chi connectivity index (χ0v) is 10.5. The van der Waals surface area contributed by atoms with Crippen LogP contribution in [-0.2, 0) is 14.6 Å². The molecule has 1 N–H and O–H groups in total. The molecule has 3 aliphatic carbocycles. The zero-order valence-electron chi connectivity index (χ0n) is 9.71. The summed E-state index contributed by atoms with van der Waals surface area (Å²) in [6.07, 6.45) is 5.27. The lowest BCUT2D eigenvalue weighted by molar-refractivity contribution is -0.134. The molecule has 17 heavy (non-hydrogen) atoms. The summed E-state index contributed by atoms with van der Waals surface area (Å²) in [6, 6.07) is 0. The van der Waals surface area contributed by atoms with Gasteiger partial charge >= 0.3 is 5.97 Å². The first-order valence-electron chi connectivity index (χ1n) is 6.39. The Morgan fingerprint density at radius 3 is 2.35 bits per heavy atom. The van der Waals surface area contributed by atoms with E-state index in [2.05, 4.69) is 0 Å². The molecule has 0 spiro atoms. The van der Waals surface area contributed by atoms with Crippen LogP contribution >= 0.6 is 0 Å². The second kappa shape index (κ2) is 3.70. The quantitative estimate of drug-likeness (QED) is 0.828. The monoisotopic (exact) mass is 258 g/mol. The van der Waals surface area contributed by atoms with Crippen molar-refractivity contribution in [1.29, 1.82) is 0 Å². The Balaban J connectivity index is 1.87. The maximum Gasteiger partial charge on any atom is 0.318 e. The van der Waals surface area contributed by atoms with Crippen molar-refractivity contribution in [1.82, 2.24) is 0 Å². The standard InChI is InChI=1S/C12H18O4S/c13-12(14)6-17(15,16)11-5-8-1-7-2-9(3-8)10(11)4-7/h7-11H,1-6H2,(H,13,14). The van der Waals surface area contributed by atoms with Gasteiger partial charge in [-0.05, 0) is 55.8 Å². The molecule has 0 amide bonds. The van der Waals surface area contributed by atoms with Gasteiger partial charge in [-0.2, -0.15) is 0 Å². The van der Waals surface area contributed by atoms with Gasteiger partial charge in [0.05, 0.1) is 5.25 Å². The lowest BCUT2D eigenvalue weighted by Crippen LogP contribution is -2.41. The van der Waals surface area contributed by atoms with Crippen LogP contribution in [0, 0.1) is 23.7 Å². The molecule has 0 aromatic heterocycles. The molecule has 3 bridgehead atoms. The van der Waals surface area contributed by atoms with Crippen LogP contribution in [0.4, 0.5) is 0 Å². The number of carbonyl (C=O) groups is 1. The normalized spacial score (nSPS) is 43.9.